The van der Waals surface area contributed by atoms with Crippen molar-refractivity contribution in [1.29, 1.82) is 0 Å². The summed E-state index contributed by atoms with van der Waals surface area (Å²) in [5, 5.41) is 20.9. The number of aromatic nitrogens is 2. The molecule has 1 aromatic rings. The summed E-state index contributed by atoms with van der Waals surface area (Å²) in [6, 6.07) is 1.10. The van der Waals surface area contributed by atoms with E-state index in [1.807, 2.05) is 4.98 Å². The Balaban J connectivity index is 2.80. The van der Waals surface area contributed by atoms with E-state index in [1.165, 1.54) is 0 Å². The van der Waals surface area contributed by atoms with Crippen LogP contribution < -0.4 is 16.6 Å². The van der Waals surface area contributed by atoms with Gasteiger partial charge in [-0.2, -0.15) is 0 Å². The Labute approximate surface area is 108 Å². The highest BCUT2D eigenvalue weighted by molar-refractivity contribution is 5.78. The van der Waals surface area contributed by atoms with Crippen molar-refractivity contribution in [3.63, 3.8) is 0 Å². The lowest BCUT2D eigenvalue weighted by molar-refractivity contribution is -0.123. The predicted octanol–water partition coefficient (Wildman–Crippen LogP) is -2.14. The van der Waals surface area contributed by atoms with Gasteiger partial charge in [0, 0.05) is 11.8 Å². The molecule has 0 aliphatic carbocycles. The van der Waals surface area contributed by atoms with Crippen LogP contribution in [0.25, 0.3) is 0 Å². The first-order valence-electron chi connectivity index (χ1n) is 5.80. The van der Waals surface area contributed by atoms with Crippen LogP contribution in [-0.2, 0) is 11.2 Å². The van der Waals surface area contributed by atoms with Gasteiger partial charge >= 0.3 is 5.69 Å². The molecule has 0 saturated carbocycles. The molecule has 5 N–H and O–H groups in total. The number of rotatable bonds is 6. The van der Waals surface area contributed by atoms with E-state index in [1.54, 1.807) is 6.92 Å². The minimum atomic E-state index is -1.10. The lowest BCUT2D eigenvalue weighted by Gasteiger charge is -2.29. The fourth-order valence-corrected chi connectivity index (χ4v) is 1.57. The molecule has 0 atom stereocenters. The van der Waals surface area contributed by atoms with E-state index in [-0.39, 0.29) is 12.1 Å². The summed E-state index contributed by atoms with van der Waals surface area (Å²) in [6.07, 6.45) is 0.124. The van der Waals surface area contributed by atoms with Gasteiger partial charge in [0.1, 0.15) is 0 Å². The van der Waals surface area contributed by atoms with Crippen molar-refractivity contribution in [2.75, 3.05) is 13.2 Å². The lowest BCUT2D eigenvalue weighted by Crippen LogP contribution is -2.54. The molecule has 0 aromatic carbocycles. The van der Waals surface area contributed by atoms with Crippen molar-refractivity contribution >= 4 is 5.91 Å². The molecule has 0 fully saturated rings. The second kappa shape index (κ2) is 6.30. The summed E-state index contributed by atoms with van der Waals surface area (Å²) in [4.78, 5) is 38.2. The minimum Gasteiger partial charge on any atom is -0.394 e. The number of aliphatic hydroxyl groups is 2. The third-order valence-electron chi connectivity index (χ3n) is 2.85. The number of hydrogen-bond acceptors (Lipinski definition) is 5. The number of hydrogen-bond donors (Lipinski definition) is 5. The van der Waals surface area contributed by atoms with Gasteiger partial charge in [0.15, 0.2) is 0 Å². The predicted molar refractivity (Wildman–Crippen MR) is 66.7 cm³/mol. The zero-order chi connectivity index (χ0) is 14.5. The molecule has 1 heterocycles. The van der Waals surface area contributed by atoms with Crippen LogP contribution in [0.5, 0.6) is 0 Å². The van der Waals surface area contributed by atoms with Gasteiger partial charge in [-0.15, -0.1) is 0 Å². The average Bonchev–Trinajstić information content (AvgIpc) is 2.35. The molecule has 1 amide bonds. The van der Waals surface area contributed by atoms with Gasteiger partial charge < -0.3 is 20.5 Å². The molecule has 0 saturated heterocycles. The molecular formula is C11H17N3O5. The fourth-order valence-electron chi connectivity index (χ4n) is 1.57. The highest BCUT2D eigenvalue weighted by atomic mass is 16.3. The molecule has 1 aromatic heterocycles. The van der Waals surface area contributed by atoms with Crippen LogP contribution in [0.2, 0.25) is 0 Å². The van der Waals surface area contributed by atoms with Crippen LogP contribution in [0, 0.1) is 0 Å². The second-order valence-corrected chi connectivity index (χ2v) is 4.29. The van der Waals surface area contributed by atoms with Crippen LogP contribution in [0.4, 0.5) is 0 Å². The summed E-state index contributed by atoms with van der Waals surface area (Å²) in [6.45, 7) is 0.900. The summed E-state index contributed by atoms with van der Waals surface area (Å²) < 4.78 is 0. The number of carbonyl (C=O) groups excluding carboxylic acids is 1. The minimum absolute atomic E-state index is 0.159. The van der Waals surface area contributed by atoms with Crippen LogP contribution in [-0.4, -0.2) is 44.8 Å². The van der Waals surface area contributed by atoms with E-state index in [2.05, 4.69) is 10.3 Å². The molecule has 0 unspecified atom stereocenters. The number of carbonyl (C=O) groups is 1. The molecule has 8 heteroatoms. The van der Waals surface area contributed by atoms with E-state index in [0.717, 1.165) is 6.07 Å². The van der Waals surface area contributed by atoms with Crippen LogP contribution in [0.3, 0.4) is 0 Å². The second-order valence-electron chi connectivity index (χ2n) is 4.29. The summed E-state index contributed by atoms with van der Waals surface area (Å²) in [7, 11) is 0. The Morgan fingerprint density at radius 3 is 2.42 bits per heavy atom. The Morgan fingerprint density at radius 2 is 1.95 bits per heavy atom. The smallest absolute Gasteiger partial charge is 0.325 e. The van der Waals surface area contributed by atoms with E-state index < -0.39 is 35.9 Å². The monoisotopic (exact) mass is 271 g/mol. The van der Waals surface area contributed by atoms with Crippen LogP contribution in [0.1, 0.15) is 19.0 Å². The third kappa shape index (κ3) is 4.04. The third-order valence-corrected chi connectivity index (χ3v) is 2.85. The van der Waals surface area contributed by atoms with Crippen molar-refractivity contribution in [2.45, 2.75) is 25.3 Å². The molecule has 0 bridgehead atoms. The van der Waals surface area contributed by atoms with E-state index in [0.29, 0.717) is 6.42 Å². The molecule has 0 aliphatic rings. The average molecular weight is 271 g/mol. The number of aliphatic hydroxyl groups excluding tert-OH is 2. The number of H-pyrrole nitrogens is 2. The lowest BCUT2D eigenvalue weighted by atomic mass is 9.98. The van der Waals surface area contributed by atoms with Gasteiger partial charge in [-0.3, -0.25) is 14.6 Å². The van der Waals surface area contributed by atoms with Gasteiger partial charge in [-0.25, -0.2) is 4.79 Å². The zero-order valence-corrected chi connectivity index (χ0v) is 10.5. The highest BCUT2D eigenvalue weighted by Crippen LogP contribution is 2.08. The Bertz CT molecular complexity index is 507. The largest absolute Gasteiger partial charge is 0.394 e. The van der Waals surface area contributed by atoms with Gasteiger partial charge in [0.05, 0.1) is 25.2 Å². The van der Waals surface area contributed by atoms with E-state index in [4.69, 9.17) is 0 Å². The molecule has 19 heavy (non-hydrogen) atoms. The molecule has 0 radical (unpaired) electrons. The van der Waals surface area contributed by atoms with Crippen molar-refractivity contribution in [3.05, 3.63) is 32.6 Å². The summed E-state index contributed by atoms with van der Waals surface area (Å²) >= 11 is 0. The van der Waals surface area contributed by atoms with Gasteiger partial charge in [0.25, 0.3) is 5.56 Å². The molecule has 106 valence electrons. The maximum Gasteiger partial charge on any atom is 0.325 e. The molecule has 0 aliphatic heterocycles. The van der Waals surface area contributed by atoms with Crippen LogP contribution >= 0.6 is 0 Å². The quantitative estimate of drug-likeness (QED) is 0.402. The number of nitrogens with one attached hydrogen (secondary N) is 3. The van der Waals surface area contributed by atoms with Crippen molar-refractivity contribution in [3.8, 4) is 0 Å². The Morgan fingerprint density at radius 1 is 1.32 bits per heavy atom. The molecule has 0 spiro atoms. The van der Waals surface area contributed by atoms with Crippen molar-refractivity contribution in [1.82, 2.24) is 15.3 Å². The Kier molecular flexibility index (Phi) is 5.02. The standard InChI is InChI=1S/C11H17N3O5/c1-2-11(5-15,6-16)14-9(18)4-7-3-8(17)13-10(19)12-7/h3,15-16H,2,4-6H2,1H3,(H,14,18)(H2,12,13,17,19). The molecule has 1 rings (SSSR count). The van der Waals surface area contributed by atoms with Gasteiger partial charge in [-0.1, -0.05) is 6.92 Å². The first-order chi connectivity index (χ1) is 8.94. The zero-order valence-electron chi connectivity index (χ0n) is 10.5. The van der Waals surface area contributed by atoms with Crippen molar-refractivity contribution in [2.24, 2.45) is 0 Å². The molecule has 8 nitrogen and oxygen atoms in total. The van der Waals surface area contributed by atoms with Gasteiger partial charge in [-0.05, 0) is 6.42 Å². The highest BCUT2D eigenvalue weighted by Gasteiger charge is 2.28. The normalized spacial score (nSPS) is 11.3. The first kappa shape index (κ1) is 15.1. The topological polar surface area (TPSA) is 135 Å². The van der Waals surface area contributed by atoms with Crippen LogP contribution in [0.15, 0.2) is 15.7 Å². The SMILES string of the molecule is CCC(CO)(CO)NC(=O)Cc1cc(=O)[nH]c(=O)[nH]1. The van der Waals surface area contributed by atoms with Gasteiger partial charge in [0.2, 0.25) is 5.91 Å². The maximum atomic E-state index is 11.8. The molecular weight excluding hydrogens is 254 g/mol. The number of amides is 1. The van der Waals surface area contributed by atoms with E-state index in [9.17, 15) is 24.6 Å². The van der Waals surface area contributed by atoms with E-state index >= 15 is 0 Å². The summed E-state index contributed by atoms with van der Waals surface area (Å²) in [5.74, 6) is -0.508. The maximum absolute atomic E-state index is 11.8. The first-order valence-corrected chi connectivity index (χ1v) is 5.80. The summed E-state index contributed by atoms with van der Waals surface area (Å²) in [5.41, 5.74) is -2.23. The number of aromatic amines is 2. The Hall–Kier alpha value is -1.93. The van der Waals surface area contributed by atoms with Crippen molar-refractivity contribution < 1.29 is 15.0 Å². The fraction of sp³-hybridized carbons (Fsp3) is 0.545.